The standard InChI is InChI=1S/C74H60O8S/c1-49-11-13-52(14-12-49)71(75)53-15-25-59(26-16-53)79-61-35-39-65(40-36-61)83(76,77)66-41-37-62(38-42-66)80-60-29-17-54(18-30-60)72-44-50-43-51(45-72)47-73(46-50,48-72)55-19-31-63(32-20-55)81-82-64-33-23-57(24-34-64)74(56-21-27-58(78-2)28-22-56)69-9-5-3-7-67(69)68-8-4-6-10-70(68)74/h3-42,50-51H,43-48H2,1-2H3. The van der Waals surface area contributed by atoms with Crippen LogP contribution < -0.4 is 24.0 Å². The van der Waals surface area contributed by atoms with Gasteiger partial charge < -0.3 is 14.2 Å². The third-order valence-corrected chi connectivity index (χ3v) is 19.9. The molecule has 8 nitrogen and oxygen atoms in total. The van der Waals surface area contributed by atoms with Crippen LogP contribution in [0.15, 0.2) is 252 Å². The maximum Gasteiger partial charge on any atom is 0.206 e. The van der Waals surface area contributed by atoms with E-state index in [4.69, 9.17) is 24.0 Å². The van der Waals surface area contributed by atoms with Gasteiger partial charge in [-0.25, -0.2) is 8.42 Å². The topological polar surface area (TPSA) is 97.4 Å². The fourth-order valence-electron chi connectivity index (χ4n) is 14.7. The molecule has 2 unspecified atom stereocenters. The Bertz CT molecular complexity index is 4080. The number of hydrogen-bond donors (Lipinski definition) is 0. The van der Waals surface area contributed by atoms with E-state index in [-0.39, 0.29) is 26.4 Å². The van der Waals surface area contributed by atoms with Crippen LogP contribution in [-0.2, 0) is 26.1 Å². The molecule has 410 valence electrons. The average Bonchev–Trinajstić information content (AvgIpc) is 1.89. The van der Waals surface area contributed by atoms with Crippen LogP contribution in [0.3, 0.4) is 0 Å². The molecule has 0 saturated heterocycles. The second-order valence-electron chi connectivity index (χ2n) is 23.2. The van der Waals surface area contributed by atoms with Gasteiger partial charge in [-0.2, -0.15) is 0 Å². The average molecular weight is 1110 g/mol. The summed E-state index contributed by atoms with van der Waals surface area (Å²) in [6.45, 7) is 1.98. The first-order valence-electron chi connectivity index (χ1n) is 28.5. The Kier molecular flexibility index (Phi) is 12.9. The molecule has 0 aromatic heterocycles. The lowest BCUT2D eigenvalue weighted by Crippen LogP contribution is -2.55. The predicted octanol–water partition coefficient (Wildman–Crippen LogP) is 17.2. The van der Waals surface area contributed by atoms with E-state index in [1.165, 1.54) is 77.6 Å². The number of carbonyl (C=O) groups is 1. The van der Waals surface area contributed by atoms with Crippen LogP contribution in [0, 0.1) is 18.8 Å². The Morgan fingerprint density at radius 3 is 1.18 bits per heavy atom. The van der Waals surface area contributed by atoms with Crippen molar-refractivity contribution in [3.63, 3.8) is 0 Å². The molecule has 0 spiro atoms. The number of fused-ring (bicyclic) bond motifs is 3. The van der Waals surface area contributed by atoms with Crippen LogP contribution in [-0.4, -0.2) is 21.3 Å². The minimum Gasteiger partial charge on any atom is -0.497 e. The van der Waals surface area contributed by atoms with Gasteiger partial charge in [0.15, 0.2) is 17.3 Å². The number of hydrogen-bond acceptors (Lipinski definition) is 8. The van der Waals surface area contributed by atoms with Crippen molar-refractivity contribution in [2.24, 2.45) is 11.8 Å². The van der Waals surface area contributed by atoms with Crippen LogP contribution in [0.2, 0.25) is 0 Å². The summed E-state index contributed by atoms with van der Waals surface area (Å²) in [4.78, 5) is 25.3. The van der Waals surface area contributed by atoms with E-state index in [9.17, 15) is 13.2 Å². The van der Waals surface area contributed by atoms with Crippen molar-refractivity contribution in [1.82, 2.24) is 0 Å². The number of sulfone groups is 1. The zero-order valence-electron chi connectivity index (χ0n) is 46.2. The van der Waals surface area contributed by atoms with E-state index in [1.54, 1.807) is 67.8 Å². The van der Waals surface area contributed by atoms with Crippen molar-refractivity contribution in [2.75, 3.05) is 7.11 Å². The molecule has 10 aromatic carbocycles. The molecule has 9 heteroatoms. The fraction of sp³-hybridized carbons (Fsp3) is 0.176. The van der Waals surface area contributed by atoms with Crippen molar-refractivity contribution < 1.29 is 37.2 Å². The molecule has 5 aliphatic rings. The molecule has 0 aliphatic heterocycles. The molecule has 4 fully saturated rings. The summed E-state index contributed by atoms with van der Waals surface area (Å²) < 4.78 is 45.3. The Balaban J connectivity index is 0.614. The van der Waals surface area contributed by atoms with E-state index < -0.39 is 15.3 Å². The van der Waals surface area contributed by atoms with Crippen LogP contribution in [0.4, 0.5) is 0 Å². The first-order chi connectivity index (χ1) is 40.5. The van der Waals surface area contributed by atoms with Crippen molar-refractivity contribution in [3.8, 4) is 51.4 Å². The molecule has 0 radical (unpaired) electrons. The van der Waals surface area contributed by atoms with Gasteiger partial charge >= 0.3 is 0 Å². The highest BCUT2D eigenvalue weighted by atomic mass is 32.2. The van der Waals surface area contributed by atoms with Crippen LogP contribution in [0.25, 0.3) is 11.1 Å². The summed E-state index contributed by atoms with van der Waals surface area (Å²) in [6.07, 6.45) is 7.17. The highest BCUT2D eigenvalue weighted by Gasteiger charge is 2.58. The van der Waals surface area contributed by atoms with Gasteiger partial charge in [0.2, 0.25) is 9.84 Å². The Morgan fingerprint density at radius 2 is 0.759 bits per heavy atom. The summed E-state index contributed by atoms with van der Waals surface area (Å²) in [6, 6.07) is 78.7. The highest BCUT2D eigenvalue weighted by Crippen LogP contribution is 2.66. The number of benzene rings is 10. The van der Waals surface area contributed by atoms with Gasteiger partial charge in [-0.3, -0.25) is 14.6 Å². The monoisotopic (exact) mass is 1110 g/mol. The van der Waals surface area contributed by atoms with Crippen molar-refractivity contribution >= 4 is 15.6 Å². The number of rotatable bonds is 16. The lowest BCUT2D eigenvalue weighted by molar-refractivity contribution is -0.1000. The van der Waals surface area contributed by atoms with Gasteiger partial charge in [-0.15, -0.1) is 0 Å². The van der Waals surface area contributed by atoms with Crippen molar-refractivity contribution in [1.29, 1.82) is 0 Å². The van der Waals surface area contributed by atoms with Gasteiger partial charge in [0.25, 0.3) is 0 Å². The molecule has 4 bridgehead atoms. The molecule has 10 aromatic rings. The van der Waals surface area contributed by atoms with Gasteiger partial charge in [-0.1, -0.05) is 127 Å². The molecular weight excluding hydrogens is 1050 g/mol. The van der Waals surface area contributed by atoms with E-state index >= 15 is 0 Å². The van der Waals surface area contributed by atoms with Crippen LogP contribution in [0.5, 0.6) is 40.2 Å². The van der Waals surface area contributed by atoms with Crippen molar-refractivity contribution in [3.05, 3.63) is 293 Å². The van der Waals surface area contributed by atoms with E-state index in [2.05, 4.69) is 121 Å². The first kappa shape index (κ1) is 51.9. The molecule has 15 rings (SSSR count). The van der Waals surface area contributed by atoms with Gasteiger partial charge in [0.1, 0.15) is 28.7 Å². The third-order valence-electron chi connectivity index (χ3n) is 18.2. The summed E-state index contributed by atoms with van der Waals surface area (Å²) in [7, 11) is -2.12. The Hall–Kier alpha value is -9.18. The fourth-order valence-corrected chi connectivity index (χ4v) is 16.0. The maximum absolute atomic E-state index is 13.7. The van der Waals surface area contributed by atoms with Crippen molar-refractivity contribution in [2.45, 2.75) is 71.5 Å². The summed E-state index contributed by atoms with van der Waals surface area (Å²) in [5.74, 6) is 5.60. The lowest BCUT2D eigenvalue weighted by Gasteiger charge is -2.62. The molecule has 5 aliphatic carbocycles. The quantitative estimate of drug-likeness (QED) is 0.0536. The Morgan fingerprint density at radius 1 is 0.410 bits per heavy atom. The zero-order valence-corrected chi connectivity index (χ0v) is 47.0. The minimum atomic E-state index is -3.82. The SMILES string of the molecule is COc1ccc(C2(c3ccc(OOc4ccc(C56CC7CC(C5)CC(c5ccc(Oc8ccc(S(=O)(=O)c9ccc(Oc%10ccc(C(=O)c%11ccc(C)cc%11)cc%10)cc9)cc8)cc5)(C7)C6)cc4)cc3)c3ccccc3-c3ccccc32)cc1. The van der Waals surface area contributed by atoms with Gasteiger partial charge in [0.05, 0.1) is 22.3 Å². The number of ether oxygens (including phenoxy) is 3. The minimum absolute atomic E-state index is 0.0703. The van der Waals surface area contributed by atoms with Gasteiger partial charge in [-0.05, 0) is 234 Å². The van der Waals surface area contributed by atoms with Crippen LogP contribution >= 0.6 is 0 Å². The summed E-state index contributed by atoms with van der Waals surface area (Å²) in [5, 5.41) is 0. The predicted molar refractivity (Wildman–Crippen MR) is 322 cm³/mol. The van der Waals surface area contributed by atoms with Gasteiger partial charge in [0, 0.05) is 11.1 Å². The lowest BCUT2D eigenvalue weighted by atomic mass is 9.42. The molecule has 0 heterocycles. The van der Waals surface area contributed by atoms with E-state index in [0.717, 1.165) is 28.9 Å². The second-order valence-corrected chi connectivity index (χ2v) is 25.2. The molecular formula is C74H60O8S. The molecule has 4 saturated carbocycles. The normalized spacial score (nSPS) is 19.7. The number of methoxy groups -OCH3 is 1. The molecule has 83 heavy (non-hydrogen) atoms. The number of aryl methyl sites for hydroxylation is 1. The summed E-state index contributed by atoms with van der Waals surface area (Å²) in [5.41, 5.74) is 11.9. The molecule has 2 atom stereocenters. The third kappa shape index (κ3) is 9.33. The molecule has 0 N–H and O–H groups in total. The number of carbonyl (C=O) groups excluding carboxylic acids is 1. The largest absolute Gasteiger partial charge is 0.497 e. The maximum atomic E-state index is 13.7. The first-order valence-corrected chi connectivity index (χ1v) is 30.0. The van der Waals surface area contributed by atoms with E-state index in [1.807, 2.05) is 55.5 Å². The Labute approximate surface area is 484 Å². The smallest absolute Gasteiger partial charge is 0.206 e. The number of ketones is 1. The molecule has 0 amide bonds. The summed E-state index contributed by atoms with van der Waals surface area (Å²) >= 11 is 0. The zero-order chi connectivity index (χ0) is 56.3. The van der Waals surface area contributed by atoms with E-state index in [0.29, 0.717) is 57.5 Å². The second kappa shape index (κ2) is 20.7. The highest BCUT2D eigenvalue weighted by molar-refractivity contribution is 7.91. The van der Waals surface area contributed by atoms with Crippen LogP contribution in [0.1, 0.15) is 93.4 Å².